The topological polar surface area (TPSA) is 63.1 Å². The molecule has 22 heavy (non-hydrogen) atoms. The van der Waals surface area contributed by atoms with Gasteiger partial charge >= 0.3 is 0 Å². The van der Waals surface area contributed by atoms with E-state index in [9.17, 15) is 4.39 Å². The Labute approximate surface area is 126 Å². The highest BCUT2D eigenvalue weighted by Gasteiger charge is 2.07. The molecule has 0 saturated heterocycles. The summed E-state index contributed by atoms with van der Waals surface area (Å²) in [6.07, 6.45) is 2.93. The first-order valence-electron chi connectivity index (χ1n) is 6.61. The summed E-state index contributed by atoms with van der Waals surface area (Å²) < 4.78 is 12.8. The minimum atomic E-state index is -0.281. The molecule has 0 atom stereocenters. The number of nitrogens with one attached hydrogen (secondary N) is 1. The van der Waals surface area contributed by atoms with Crippen molar-refractivity contribution < 1.29 is 4.39 Å². The van der Waals surface area contributed by atoms with E-state index >= 15 is 0 Å². The normalized spacial score (nSPS) is 10.8. The lowest BCUT2D eigenvalue weighted by Gasteiger charge is -2.05. The number of anilines is 1. The molecule has 0 bridgehead atoms. The molecule has 0 aliphatic carbocycles. The maximum absolute atomic E-state index is 12.8. The zero-order valence-corrected chi connectivity index (χ0v) is 11.5. The molecule has 1 N–H and O–H groups in total. The van der Waals surface area contributed by atoms with Crippen LogP contribution in [0.5, 0.6) is 0 Å². The third-order valence-electron chi connectivity index (χ3n) is 2.92. The van der Waals surface area contributed by atoms with E-state index in [2.05, 4.69) is 25.7 Å². The third-order valence-corrected chi connectivity index (χ3v) is 2.92. The number of nitrogens with zero attached hydrogens (tertiary/aromatic N) is 4. The van der Waals surface area contributed by atoms with Gasteiger partial charge in [0.05, 0.1) is 6.21 Å². The second-order valence-electron chi connectivity index (χ2n) is 4.44. The molecule has 3 rings (SSSR count). The lowest BCUT2D eigenvalue weighted by Crippen LogP contribution is -2.00. The van der Waals surface area contributed by atoms with E-state index in [1.807, 2.05) is 30.3 Å². The first-order chi connectivity index (χ1) is 10.8. The van der Waals surface area contributed by atoms with Crippen LogP contribution >= 0.6 is 0 Å². The lowest BCUT2D eigenvalue weighted by molar-refractivity contribution is 0.628. The Morgan fingerprint density at radius 2 is 1.77 bits per heavy atom. The molecule has 0 saturated carbocycles. The van der Waals surface area contributed by atoms with Crippen LogP contribution in [0.15, 0.2) is 66.0 Å². The summed E-state index contributed by atoms with van der Waals surface area (Å²) in [6, 6.07) is 15.6. The molecular formula is C16H12FN5. The Balaban J connectivity index is 1.80. The fourth-order valence-corrected chi connectivity index (χ4v) is 1.86. The lowest BCUT2D eigenvalue weighted by atomic mass is 10.1. The van der Waals surface area contributed by atoms with Crippen molar-refractivity contribution in [1.29, 1.82) is 0 Å². The Hall–Kier alpha value is -3.15. The summed E-state index contributed by atoms with van der Waals surface area (Å²) in [5.41, 5.74) is 5.11. The maximum atomic E-state index is 12.8. The molecule has 1 heterocycles. The van der Waals surface area contributed by atoms with Crippen LogP contribution < -0.4 is 5.43 Å². The van der Waals surface area contributed by atoms with Crippen molar-refractivity contribution in [3.8, 4) is 11.3 Å². The fourth-order valence-electron chi connectivity index (χ4n) is 1.86. The largest absolute Gasteiger partial charge is 0.259 e. The smallest absolute Gasteiger partial charge is 0.176 e. The van der Waals surface area contributed by atoms with Crippen LogP contribution in [0.1, 0.15) is 5.56 Å². The summed E-state index contributed by atoms with van der Waals surface area (Å²) in [6.45, 7) is 0. The third kappa shape index (κ3) is 3.29. The average Bonchev–Trinajstić information content (AvgIpc) is 2.58. The van der Waals surface area contributed by atoms with E-state index in [0.29, 0.717) is 11.5 Å². The van der Waals surface area contributed by atoms with Crippen LogP contribution in [-0.4, -0.2) is 21.4 Å². The van der Waals surface area contributed by atoms with Crippen molar-refractivity contribution in [2.75, 3.05) is 5.43 Å². The van der Waals surface area contributed by atoms with Gasteiger partial charge in [0.15, 0.2) is 5.82 Å². The molecule has 6 heteroatoms. The Bertz CT molecular complexity index is 772. The zero-order chi connectivity index (χ0) is 15.2. The van der Waals surface area contributed by atoms with Crippen molar-refractivity contribution in [1.82, 2.24) is 15.2 Å². The van der Waals surface area contributed by atoms with Gasteiger partial charge in [-0.3, -0.25) is 5.43 Å². The van der Waals surface area contributed by atoms with E-state index in [4.69, 9.17) is 0 Å². The van der Waals surface area contributed by atoms with Gasteiger partial charge in [-0.25, -0.2) is 9.37 Å². The summed E-state index contributed by atoms with van der Waals surface area (Å²) in [5, 5.41) is 12.0. The Kier molecular flexibility index (Phi) is 4.10. The maximum Gasteiger partial charge on any atom is 0.176 e. The molecule has 108 valence electrons. The van der Waals surface area contributed by atoms with Crippen molar-refractivity contribution in [3.63, 3.8) is 0 Å². The van der Waals surface area contributed by atoms with E-state index in [0.717, 1.165) is 11.1 Å². The molecule has 5 nitrogen and oxygen atoms in total. The van der Waals surface area contributed by atoms with Crippen LogP contribution in [0.25, 0.3) is 11.3 Å². The number of halogens is 1. The monoisotopic (exact) mass is 293 g/mol. The minimum Gasteiger partial charge on any atom is -0.259 e. The van der Waals surface area contributed by atoms with E-state index < -0.39 is 0 Å². The summed E-state index contributed by atoms with van der Waals surface area (Å²) in [4.78, 5) is 4.14. The van der Waals surface area contributed by atoms with Gasteiger partial charge in [-0.05, 0) is 17.7 Å². The van der Waals surface area contributed by atoms with E-state index in [1.54, 1.807) is 18.3 Å². The molecule has 0 radical (unpaired) electrons. The molecule has 2 aromatic carbocycles. The predicted octanol–water partition coefficient (Wildman–Crippen LogP) is 3.12. The van der Waals surface area contributed by atoms with Crippen molar-refractivity contribution in [3.05, 3.63) is 72.3 Å². The number of benzene rings is 2. The van der Waals surface area contributed by atoms with Crippen molar-refractivity contribution in [2.24, 2.45) is 5.10 Å². The van der Waals surface area contributed by atoms with Gasteiger partial charge < -0.3 is 0 Å². The van der Waals surface area contributed by atoms with Crippen LogP contribution in [0.4, 0.5) is 10.2 Å². The van der Waals surface area contributed by atoms with Crippen LogP contribution in [-0.2, 0) is 0 Å². The molecule has 0 spiro atoms. The standard InChI is InChI=1S/C16H12FN5/c17-14-8-6-12(7-9-14)10-19-22-16-15(21-20-11-18-16)13-4-2-1-3-5-13/h1-11H,(H,18,20,22). The molecule has 0 unspecified atom stereocenters. The molecule has 3 aromatic rings. The van der Waals surface area contributed by atoms with E-state index in [1.165, 1.54) is 18.5 Å². The summed E-state index contributed by atoms with van der Waals surface area (Å²) in [5.74, 6) is 0.219. The van der Waals surface area contributed by atoms with Gasteiger partial charge in [0, 0.05) is 5.56 Å². The number of hydrogen-bond acceptors (Lipinski definition) is 5. The van der Waals surface area contributed by atoms with Gasteiger partial charge in [0.25, 0.3) is 0 Å². The number of aromatic nitrogens is 3. The predicted molar refractivity (Wildman–Crippen MR) is 82.9 cm³/mol. The fraction of sp³-hybridized carbons (Fsp3) is 0. The summed E-state index contributed by atoms with van der Waals surface area (Å²) in [7, 11) is 0. The SMILES string of the molecule is Fc1ccc(C=NNc2ncnnc2-c2ccccc2)cc1. The van der Waals surface area contributed by atoms with Gasteiger partial charge in [-0.1, -0.05) is 42.5 Å². The first-order valence-corrected chi connectivity index (χ1v) is 6.61. The van der Waals surface area contributed by atoms with Gasteiger partial charge in [-0.15, -0.1) is 10.2 Å². The summed E-state index contributed by atoms with van der Waals surface area (Å²) >= 11 is 0. The molecular weight excluding hydrogens is 281 g/mol. The van der Waals surface area contributed by atoms with Crippen molar-refractivity contribution >= 4 is 12.0 Å². The van der Waals surface area contributed by atoms with Crippen LogP contribution in [0.2, 0.25) is 0 Å². The van der Waals surface area contributed by atoms with E-state index in [-0.39, 0.29) is 5.82 Å². The average molecular weight is 293 g/mol. The molecule has 0 amide bonds. The highest BCUT2D eigenvalue weighted by Crippen LogP contribution is 2.22. The van der Waals surface area contributed by atoms with Gasteiger partial charge in [0.1, 0.15) is 17.8 Å². The number of rotatable bonds is 4. The second-order valence-corrected chi connectivity index (χ2v) is 4.44. The molecule has 0 aliphatic rings. The van der Waals surface area contributed by atoms with Crippen LogP contribution in [0, 0.1) is 5.82 Å². The molecule has 0 fully saturated rings. The quantitative estimate of drug-likeness (QED) is 0.593. The zero-order valence-electron chi connectivity index (χ0n) is 11.5. The second kappa shape index (κ2) is 6.53. The molecule has 1 aromatic heterocycles. The van der Waals surface area contributed by atoms with Crippen LogP contribution in [0.3, 0.4) is 0 Å². The first kappa shape index (κ1) is 13.8. The molecule has 0 aliphatic heterocycles. The number of hydrogen-bond donors (Lipinski definition) is 1. The highest BCUT2D eigenvalue weighted by molar-refractivity contribution is 5.80. The number of hydrazone groups is 1. The Morgan fingerprint density at radius 3 is 2.55 bits per heavy atom. The van der Waals surface area contributed by atoms with Gasteiger partial charge in [-0.2, -0.15) is 5.10 Å². The highest BCUT2D eigenvalue weighted by atomic mass is 19.1. The van der Waals surface area contributed by atoms with Crippen molar-refractivity contribution in [2.45, 2.75) is 0 Å². The minimum absolute atomic E-state index is 0.281. The Morgan fingerprint density at radius 1 is 1.00 bits per heavy atom. The van der Waals surface area contributed by atoms with Gasteiger partial charge in [0.2, 0.25) is 0 Å².